The number of methoxy groups -OCH3 is 1. The summed E-state index contributed by atoms with van der Waals surface area (Å²) in [7, 11) is 1.60. The first kappa shape index (κ1) is 28.9. The molecule has 1 amide bonds. The lowest BCUT2D eigenvalue weighted by Crippen LogP contribution is -2.51. The van der Waals surface area contributed by atoms with Crippen molar-refractivity contribution in [2.75, 3.05) is 31.2 Å². The van der Waals surface area contributed by atoms with E-state index < -0.39 is 29.7 Å². The molecule has 2 aromatic heterocycles. The Bertz CT molecular complexity index is 1570. The number of nitrogens with zero attached hydrogens (tertiary/aromatic N) is 4. The number of nitrogen functional groups attached to an aromatic ring is 1. The Labute approximate surface area is 242 Å². The van der Waals surface area contributed by atoms with Gasteiger partial charge in [-0.1, -0.05) is 12.1 Å². The second-order valence-corrected chi connectivity index (χ2v) is 11.1. The molecule has 10 nitrogen and oxygen atoms in total. The zero-order chi connectivity index (χ0) is 30.0. The van der Waals surface area contributed by atoms with E-state index in [1.165, 1.54) is 23.1 Å². The normalized spacial score (nSPS) is 17.2. The fraction of sp³-hybridized carbons (Fsp3) is 0.367. The van der Waals surface area contributed by atoms with Gasteiger partial charge in [-0.3, -0.25) is 0 Å². The molecule has 12 heteroatoms. The third-order valence-electron chi connectivity index (χ3n) is 6.78. The van der Waals surface area contributed by atoms with Crippen LogP contribution in [0, 0.1) is 5.82 Å². The largest absolute Gasteiger partial charge is 0.497 e. The van der Waals surface area contributed by atoms with E-state index in [1.807, 2.05) is 24.3 Å². The number of ether oxygens (including phenoxy) is 3. The summed E-state index contributed by atoms with van der Waals surface area (Å²) < 4.78 is 48.5. The first-order chi connectivity index (χ1) is 20.0. The summed E-state index contributed by atoms with van der Waals surface area (Å²) in [6, 6.07) is 12.6. The number of amides is 1. The molecule has 2 aromatic carbocycles. The minimum absolute atomic E-state index is 0.0282. The summed E-state index contributed by atoms with van der Waals surface area (Å²) in [5.41, 5.74) is 6.68. The van der Waals surface area contributed by atoms with Crippen molar-refractivity contribution in [3.8, 4) is 17.2 Å². The highest BCUT2D eigenvalue weighted by atomic mass is 19.1. The van der Waals surface area contributed by atoms with Crippen LogP contribution in [0.5, 0.6) is 17.2 Å². The number of nitrogens with one attached hydrogen (secondary N) is 1. The standard InChI is InChI=1S/C30H34F2N6O4/c1-30(2,3)42-29(39)37-14-12-23(22(32)17-37)35-27-26-25(41-24-10-7-19(33)15-21(24)31)11-13-34-28(26)38(36-27)16-18-5-8-20(40-4)9-6-18/h5-11,13,15,22-23H,12,14,16-17,33H2,1-4H3,(H,35,36)/t22-,23+/m0/s1. The van der Waals surface area contributed by atoms with Crippen molar-refractivity contribution in [2.45, 2.75) is 51.6 Å². The lowest BCUT2D eigenvalue weighted by Gasteiger charge is -2.36. The van der Waals surface area contributed by atoms with Gasteiger partial charge in [0, 0.05) is 30.6 Å². The summed E-state index contributed by atoms with van der Waals surface area (Å²) in [5, 5.41) is 8.42. The molecule has 5 rings (SSSR count). The SMILES string of the molecule is COc1ccc(Cn2nc(N[C@@H]3CCN(C(=O)OC(C)(C)C)C[C@@H]3F)c3c(Oc4ccc(N)cc4F)ccnc32)cc1. The van der Waals surface area contributed by atoms with Crippen LogP contribution in [-0.4, -0.2) is 63.8 Å². The average molecular weight is 581 g/mol. The molecule has 1 aliphatic heterocycles. The molecule has 0 aliphatic carbocycles. The third kappa shape index (κ3) is 6.48. The molecule has 1 saturated heterocycles. The second kappa shape index (κ2) is 11.7. The predicted molar refractivity (Wildman–Crippen MR) is 155 cm³/mol. The molecule has 3 heterocycles. The smallest absolute Gasteiger partial charge is 0.410 e. The van der Waals surface area contributed by atoms with E-state index in [9.17, 15) is 9.18 Å². The lowest BCUT2D eigenvalue weighted by molar-refractivity contribution is 0.0125. The number of rotatable bonds is 7. The van der Waals surface area contributed by atoms with Crippen LogP contribution in [0.2, 0.25) is 0 Å². The average Bonchev–Trinajstić information content (AvgIpc) is 3.28. The number of hydrogen-bond acceptors (Lipinski definition) is 8. The van der Waals surface area contributed by atoms with Gasteiger partial charge in [-0.05, 0) is 57.0 Å². The molecule has 0 spiro atoms. The van der Waals surface area contributed by atoms with Crippen LogP contribution in [0.15, 0.2) is 54.7 Å². The molecule has 222 valence electrons. The summed E-state index contributed by atoms with van der Waals surface area (Å²) in [5.74, 6) is 0.681. The first-order valence-electron chi connectivity index (χ1n) is 13.6. The minimum Gasteiger partial charge on any atom is -0.497 e. The number of carbonyl (C=O) groups is 1. The number of nitrogens with two attached hydrogens (primary N) is 1. The van der Waals surface area contributed by atoms with Gasteiger partial charge in [0.25, 0.3) is 0 Å². The quantitative estimate of drug-likeness (QED) is 0.265. The summed E-state index contributed by atoms with van der Waals surface area (Å²) in [6.45, 7) is 5.83. The minimum atomic E-state index is -1.40. The van der Waals surface area contributed by atoms with Gasteiger partial charge in [-0.15, -0.1) is 0 Å². The number of likely N-dealkylation sites (tertiary alicyclic amines) is 1. The van der Waals surface area contributed by atoms with Gasteiger partial charge in [-0.25, -0.2) is 23.2 Å². The highest BCUT2D eigenvalue weighted by Gasteiger charge is 2.35. The highest BCUT2D eigenvalue weighted by Crippen LogP contribution is 2.36. The van der Waals surface area contributed by atoms with Crippen molar-refractivity contribution in [3.63, 3.8) is 0 Å². The molecular weight excluding hydrogens is 546 g/mol. The number of benzene rings is 2. The topological polar surface area (TPSA) is 117 Å². The Morgan fingerprint density at radius 3 is 2.57 bits per heavy atom. The highest BCUT2D eigenvalue weighted by molar-refractivity contribution is 5.93. The van der Waals surface area contributed by atoms with Crippen molar-refractivity contribution in [2.24, 2.45) is 0 Å². The van der Waals surface area contributed by atoms with Gasteiger partial charge in [0.1, 0.15) is 28.7 Å². The maximum absolute atomic E-state index is 15.5. The maximum atomic E-state index is 15.5. The van der Waals surface area contributed by atoms with Crippen LogP contribution in [0.4, 0.5) is 25.1 Å². The van der Waals surface area contributed by atoms with Gasteiger partial charge >= 0.3 is 6.09 Å². The molecule has 1 aliphatic rings. The monoisotopic (exact) mass is 580 g/mol. The molecule has 1 fully saturated rings. The molecule has 4 aromatic rings. The Hall–Kier alpha value is -4.61. The van der Waals surface area contributed by atoms with Crippen LogP contribution in [0.3, 0.4) is 0 Å². The third-order valence-corrected chi connectivity index (χ3v) is 6.78. The zero-order valence-electron chi connectivity index (χ0n) is 23.9. The number of halogens is 2. The summed E-state index contributed by atoms with van der Waals surface area (Å²) in [6.07, 6.45) is -0.0944. The molecule has 0 unspecified atom stereocenters. The molecule has 3 N–H and O–H groups in total. The van der Waals surface area contributed by atoms with Gasteiger partial charge in [0.05, 0.1) is 26.2 Å². The summed E-state index contributed by atoms with van der Waals surface area (Å²) in [4.78, 5) is 18.4. The number of anilines is 2. The van der Waals surface area contributed by atoms with E-state index in [4.69, 9.17) is 25.0 Å². The molecule has 0 bridgehead atoms. The second-order valence-electron chi connectivity index (χ2n) is 11.1. The Morgan fingerprint density at radius 2 is 1.90 bits per heavy atom. The van der Waals surface area contributed by atoms with Gasteiger partial charge < -0.3 is 30.2 Å². The van der Waals surface area contributed by atoms with E-state index in [0.29, 0.717) is 36.4 Å². The fourth-order valence-corrected chi connectivity index (χ4v) is 4.72. The summed E-state index contributed by atoms with van der Waals surface area (Å²) >= 11 is 0. The molecular formula is C30H34F2N6O4. The number of piperidine rings is 1. The Kier molecular flexibility index (Phi) is 8.06. The van der Waals surface area contributed by atoms with Gasteiger partial charge in [0.15, 0.2) is 23.0 Å². The number of fused-ring (bicyclic) bond motifs is 1. The molecule has 42 heavy (non-hydrogen) atoms. The number of alkyl halides is 1. The van der Waals surface area contributed by atoms with Crippen LogP contribution >= 0.6 is 0 Å². The van der Waals surface area contributed by atoms with Crippen LogP contribution in [-0.2, 0) is 11.3 Å². The van der Waals surface area contributed by atoms with Crippen LogP contribution < -0.4 is 20.5 Å². The number of aromatic nitrogens is 3. The van der Waals surface area contributed by atoms with Crippen LogP contribution in [0.25, 0.3) is 11.0 Å². The van der Waals surface area contributed by atoms with Gasteiger partial charge in [-0.2, -0.15) is 5.10 Å². The van der Waals surface area contributed by atoms with E-state index >= 15 is 4.39 Å². The van der Waals surface area contributed by atoms with Crippen molar-refractivity contribution in [1.29, 1.82) is 0 Å². The Morgan fingerprint density at radius 1 is 1.14 bits per heavy atom. The number of pyridine rings is 1. The number of hydrogen-bond donors (Lipinski definition) is 2. The van der Waals surface area contributed by atoms with Crippen molar-refractivity contribution in [3.05, 3.63) is 66.1 Å². The van der Waals surface area contributed by atoms with E-state index in [-0.39, 0.29) is 23.7 Å². The van der Waals surface area contributed by atoms with Crippen LogP contribution in [0.1, 0.15) is 32.8 Å². The first-order valence-corrected chi connectivity index (χ1v) is 13.6. The van der Waals surface area contributed by atoms with Crippen molar-refractivity contribution in [1.82, 2.24) is 19.7 Å². The molecule has 0 radical (unpaired) electrons. The molecule has 0 saturated carbocycles. The maximum Gasteiger partial charge on any atom is 0.410 e. The fourth-order valence-electron chi connectivity index (χ4n) is 4.72. The van der Waals surface area contributed by atoms with E-state index in [1.54, 1.807) is 44.8 Å². The lowest BCUT2D eigenvalue weighted by atomic mass is 10.0. The molecule has 2 atom stereocenters. The van der Waals surface area contributed by atoms with E-state index in [0.717, 1.165) is 11.3 Å². The Balaban J connectivity index is 1.46. The van der Waals surface area contributed by atoms with Gasteiger partial charge in [0.2, 0.25) is 0 Å². The van der Waals surface area contributed by atoms with E-state index in [2.05, 4.69) is 10.3 Å². The number of carbonyl (C=O) groups excluding carboxylic acids is 1. The zero-order valence-corrected chi connectivity index (χ0v) is 23.9. The van der Waals surface area contributed by atoms with Crippen molar-refractivity contribution >= 4 is 28.6 Å². The predicted octanol–water partition coefficient (Wildman–Crippen LogP) is 5.76. The van der Waals surface area contributed by atoms with Crippen molar-refractivity contribution < 1.29 is 27.8 Å².